The molecular weight excluding hydrogens is 366 g/mol. The van der Waals surface area contributed by atoms with Crippen molar-refractivity contribution >= 4 is 50.4 Å². The maximum atomic E-state index is 12.1. The zero-order valence-corrected chi connectivity index (χ0v) is 14.5. The van der Waals surface area contributed by atoms with Gasteiger partial charge in [-0.05, 0) is 52.7 Å². The highest BCUT2D eigenvalue weighted by Gasteiger charge is 2.12. The SMILES string of the molecule is COC(=O)c1ccccc1NC(=O)/C=C(\C)c1ccc(Br)s1. The molecule has 2 aromatic rings. The lowest BCUT2D eigenvalue weighted by molar-refractivity contribution is -0.111. The maximum absolute atomic E-state index is 12.1. The number of nitrogens with one attached hydrogen (secondary N) is 1. The molecule has 6 heteroatoms. The number of halogens is 1. The number of benzene rings is 1. The molecule has 4 nitrogen and oxygen atoms in total. The zero-order valence-electron chi connectivity index (χ0n) is 12.1. The highest BCUT2D eigenvalue weighted by molar-refractivity contribution is 9.11. The Bertz CT molecular complexity index is 736. The first-order valence-corrected chi connectivity index (χ1v) is 8.04. The molecule has 0 radical (unpaired) electrons. The predicted octanol–water partition coefficient (Wildman–Crippen LogP) is 4.34. The minimum absolute atomic E-state index is 0.293. The van der Waals surface area contributed by atoms with Crippen LogP contribution in [0.2, 0.25) is 0 Å². The van der Waals surface area contributed by atoms with Crippen LogP contribution in [-0.4, -0.2) is 19.0 Å². The first-order chi connectivity index (χ1) is 10.5. The van der Waals surface area contributed by atoms with Crippen LogP contribution in [0.3, 0.4) is 0 Å². The van der Waals surface area contributed by atoms with E-state index in [1.165, 1.54) is 13.2 Å². The molecule has 114 valence electrons. The number of anilines is 1. The fraction of sp³-hybridized carbons (Fsp3) is 0.125. The Hall–Kier alpha value is -1.92. The number of thiophene rings is 1. The Kier molecular flexibility index (Phi) is 5.51. The summed E-state index contributed by atoms with van der Waals surface area (Å²) in [5, 5.41) is 2.71. The van der Waals surface area contributed by atoms with E-state index in [0.717, 1.165) is 14.2 Å². The smallest absolute Gasteiger partial charge is 0.339 e. The van der Waals surface area contributed by atoms with Crippen molar-refractivity contribution in [3.8, 4) is 0 Å². The van der Waals surface area contributed by atoms with Crippen LogP contribution >= 0.6 is 27.3 Å². The average Bonchev–Trinajstić information content (AvgIpc) is 2.93. The summed E-state index contributed by atoms with van der Waals surface area (Å²) in [6.07, 6.45) is 1.51. The van der Waals surface area contributed by atoms with Crippen LogP contribution in [0.4, 0.5) is 5.69 Å². The van der Waals surface area contributed by atoms with E-state index < -0.39 is 5.97 Å². The minimum atomic E-state index is -0.487. The average molecular weight is 380 g/mol. The monoisotopic (exact) mass is 379 g/mol. The van der Waals surface area contributed by atoms with Gasteiger partial charge in [0.25, 0.3) is 0 Å². The third kappa shape index (κ3) is 4.05. The fourth-order valence-corrected chi connectivity index (χ4v) is 3.20. The minimum Gasteiger partial charge on any atom is -0.465 e. The molecule has 0 fully saturated rings. The quantitative estimate of drug-likeness (QED) is 0.634. The van der Waals surface area contributed by atoms with Gasteiger partial charge in [0.1, 0.15) is 0 Å². The van der Waals surface area contributed by atoms with Crippen molar-refractivity contribution in [2.75, 3.05) is 12.4 Å². The molecule has 1 N–H and O–H groups in total. The van der Waals surface area contributed by atoms with Crippen molar-refractivity contribution in [2.24, 2.45) is 0 Å². The third-order valence-corrected chi connectivity index (χ3v) is 4.66. The Morgan fingerprint density at radius 3 is 2.59 bits per heavy atom. The number of methoxy groups -OCH3 is 1. The van der Waals surface area contributed by atoms with Gasteiger partial charge in [0.15, 0.2) is 0 Å². The summed E-state index contributed by atoms with van der Waals surface area (Å²) >= 11 is 4.94. The van der Waals surface area contributed by atoms with Crippen LogP contribution in [-0.2, 0) is 9.53 Å². The molecule has 1 heterocycles. The first kappa shape index (κ1) is 16.5. The van der Waals surface area contributed by atoms with Crippen LogP contribution in [0.1, 0.15) is 22.2 Å². The summed E-state index contributed by atoms with van der Waals surface area (Å²) in [6.45, 7) is 1.87. The van der Waals surface area contributed by atoms with Crippen molar-refractivity contribution in [3.05, 3.63) is 56.7 Å². The molecule has 0 spiro atoms. The molecule has 0 atom stereocenters. The summed E-state index contributed by atoms with van der Waals surface area (Å²) in [7, 11) is 1.31. The Morgan fingerprint density at radius 2 is 1.95 bits per heavy atom. The molecule has 0 aliphatic heterocycles. The summed E-state index contributed by atoms with van der Waals surface area (Å²) in [6, 6.07) is 10.6. The number of esters is 1. The van der Waals surface area contributed by atoms with Crippen LogP contribution in [0, 0.1) is 0 Å². The summed E-state index contributed by atoms with van der Waals surface area (Å²) in [4.78, 5) is 24.8. The lowest BCUT2D eigenvalue weighted by Crippen LogP contribution is -2.13. The Morgan fingerprint density at radius 1 is 1.23 bits per heavy atom. The number of hydrogen-bond donors (Lipinski definition) is 1. The first-order valence-electron chi connectivity index (χ1n) is 6.43. The van der Waals surface area contributed by atoms with Gasteiger partial charge >= 0.3 is 5.97 Å². The predicted molar refractivity (Wildman–Crippen MR) is 92.1 cm³/mol. The second-order valence-electron chi connectivity index (χ2n) is 4.46. The molecule has 1 aromatic carbocycles. The van der Waals surface area contributed by atoms with Crippen LogP contribution < -0.4 is 5.32 Å². The van der Waals surface area contributed by atoms with Gasteiger partial charge < -0.3 is 10.1 Å². The number of hydrogen-bond acceptors (Lipinski definition) is 4. The number of allylic oxidation sites excluding steroid dienone is 1. The molecule has 1 aromatic heterocycles. The molecule has 2 rings (SSSR count). The molecule has 22 heavy (non-hydrogen) atoms. The number of rotatable bonds is 4. The van der Waals surface area contributed by atoms with Crippen LogP contribution in [0.15, 0.2) is 46.3 Å². The summed E-state index contributed by atoms with van der Waals surface area (Å²) < 4.78 is 5.71. The second-order valence-corrected chi connectivity index (χ2v) is 6.92. The zero-order chi connectivity index (χ0) is 16.1. The standard InChI is InChI=1S/C16H14BrNO3S/c1-10(13-7-8-14(17)22-13)9-15(19)18-12-6-4-3-5-11(12)16(20)21-2/h3-9H,1-2H3,(H,18,19)/b10-9+. The van der Waals surface area contributed by atoms with Gasteiger partial charge in [0, 0.05) is 11.0 Å². The van der Waals surface area contributed by atoms with E-state index in [1.807, 2.05) is 19.1 Å². The van der Waals surface area contributed by atoms with Gasteiger partial charge in [-0.1, -0.05) is 12.1 Å². The summed E-state index contributed by atoms with van der Waals surface area (Å²) in [5.74, 6) is -0.780. The van der Waals surface area contributed by atoms with E-state index >= 15 is 0 Å². The van der Waals surface area contributed by atoms with E-state index in [-0.39, 0.29) is 5.91 Å². The number of amides is 1. The molecule has 0 unspecified atom stereocenters. The molecule has 1 amide bonds. The van der Waals surface area contributed by atoms with E-state index in [9.17, 15) is 9.59 Å². The molecule has 0 aliphatic rings. The van der Waals surface area contributed by atoms with Crippen molar-refractivity contribution in [3.63, 3.8) is 0 Å². The highest BCUT2D eigenvalue weighted by atomic mass is 79.9. The number of para-hydroxylation sites is 1. The lowest BCUT2D eigenvalue weighted by atomic mass is 10.1. The molecule has 0 saturated carbocycles. The van der Waals surface area contributed by atoms with Crippen molar-refractivity contribution in [2.45, 2.75) is 6.92 Å². The highest BCUT2D eigenvalue weighted by Crippen LogP contribution is 2.27. The Labute approximate surface area is 140 Å². The number of carbonyl (C=O) groups is 2. The van der Waals surface area contributed by atoms with E-state index in [1.54, 1.807) is 35.6 Å². The van der Waals surface area contributed by atoms with Gasteiger partial charge in [-0.15, -0.1) is 11.3 Å². The fourth-order valence-electron chi connectivity index (χ4n) is 1.84. The van der Waals surface area contributed by atoms with Crippen LogP contribution in [0.25, 0.3) is 5.57 Å². The van der Waals surface area contributed by atoms with Gasteiger partial charge in [0.05, 0.1) is 22.1 Å². The topological polar surface area (TPSA) is 55.4 Å². The second kappa shape index (κ2) is 7.38. The van der Waals surface area contributed by atoms with Crippen molar-refractivity contribution in [1.82, 2.24) is 0 Å². The largest absolute Gasteiger partial charge is 0.465 e. The van der Waals surface area contributed by atoms with Gasteiger partial charge in [-0.2, -0.15) is 0 Å². The summed E-state index contributed by atoms with van der Waals surface area (Å²) in [5.41, 5.74) is 1.60. The Balaban J connectivity index is 2.17. The normalized spacial score (nSPS) is 11.1. The van der Waals surface area contributed by atoms with E-state index in [2.05, 4.69) is 21.2 Å². The number of carbonyl (C=O) groups excluding carboxylic acids is 2. The van der Waals surface area contributed by atoms with Crippen molar-refractivity contribution in [1.29, 1.82) is 0 Å². The molecular formula is C16H14BrNO3S. The van der Waals surface area contributed by atoms with Gasteiger partial charge in [-0.25, -0.2) is 4.79 Å². The number of ether oxygens (including phenoxy) is 1. The van der Waals surface area contributed by atoms with Gasteiger partial charge in [-0.3, -0.25) is 4.79 Å². The maximum Gasteiger partial charge on any atom is 0.339 e. The van der Waals surface area contributed by atoms with Gasteiger partial charge in [0.2, 0.25) is 5.91 Å². The molecule has 0 bridgehead atoms. The van der Waals surface area contributed by atoms with E-state index in [4.69, 9.17) is 4.74 Å². The van der Waals surface area contributed by atoms with Crippen LogP contribution in [0.5, 0.6) is 0 Å². The van der Waals surface area contributed by atoms with E-state index in [0.29, 0.717) is 11.3 Å². The molecule has 0 saturated heterocycles. The lowest BCUT2D eigenvalue weighted by Gasteiger charge is -2.08. The molecule has 0 aliphatic carbocycles. The van der Waals surface area contributed by atoms with Crippen molar-refractivity contribution < 1.29 is 14.3 Å². The third-order valence-electron chi connectivity index (χ3n) is 2.90.